The third-order valence-electron chi connectivity index (χ3n) is 5.16. The Labute approximate surface area is 160 Å². The predicted molar refractivity (Wildman–Crippen MR) is 102 cm³/mol. The number of piperidine rings is 1. The molecule has 0 radical (unpaired) electrons. The van der Waals surface area contributed by atoms with E-state index in [-0.39, 0.29) is 12.0 Å². The van der Waals surface area contributed by atoms with Crippen LogP contribution < -0.4 is 10.6 Å². The molecule has 7 nitrogen and oxygen atoms in total. The first-order valence-electron chi connectivity index (χ1n) is 9.29. The average Bonchev–Trinajstić information content (AvgIpc) is 2.72. The predicted octanol–water partition coefficient (Wildman–Crippen LogP) is 1.94. The summed E-state index contributed by atoms with van der Waals surface area (Å²) in [5, 5.41) is 15.6. The maximum absolute atomic E-state index is 12.1. The van der Waals surface area contributed by atoms with Crippen molar-refractivity contribution in [2.75, 3.05) is 40.3 Å². The molecule has 7 heteroatoms. The molecule has 2 rings (SSSR count). The number of likely N-dealkylation sites (tertiary alicyclic amines) is 1. The van der Waals surface area contributed by atoms with Gasteiger partial charge in [0.1, 0.15) is 0 Å². The smallest absolute Gasteiger partial charge is 0.337 e. The minimum atomic E-state index is -0.400. The molecule has 0 atom stereocenters. The second-order valence-corrected chi connectivity index (χ2v) is 6.90. The van der Waals surface area contributed by atoms with Gasteiger partial charge in [-0.05, 0) is 50.4 Å². The third-order valence-corrected chi connectivity index (χ3v) is 5.16. The molecule has 1 aromatic rings. The minimum absolute atomic E-state index is 0.0600. The molecule has 0 bridgehead atoms. The second kappa shape index (κ2) is 9.93. The maximum atomic E-state index is 12.1. The molecule has 0 aliphatic carbocycles. The average molecular weight is 372 g/mol. The second-order valence-electron chi connectivity index (χ2n) is 6.90. The number of ether oxygens (including phenoxy) is 1. The lowest BCUT2D eigenvalue weighted by Gasteiger charge is -2.37. The summed E-state index contributed by atoms with van der Waals surface area (Å²) in [5.41, 5.74) is 1.21. The minimum Gasteiger partial charge on any atom is -0.465 e. The first-order chi connectivity index (χ1) is 13.0. The van der Waals surface area contributed by atoms with E-state index in [1.165, 1.54) is 7.11 Å². The Hall–Kier alpha value is -2.59. The van der Waals surface area contributed by atoms with Crippen LogP contribution in [-0.4, -0.2) is 57.2 Å². The molecule has 1 aliphatic rings. The molecule has 0 aromatic heterocycles. The number of benzene rings is 1. The normalized spacial score (nSPS) is 15.7. The molecule has 2 amide bonds. The number of methoxy groups -OCH3 is 1. The summed E-state index contributed by atoms with van der Waals surface area (Å²) < 4.78 is 4.70. The highest BCUT2D eigenvalue weighted by molar-refractivity contribution is 5.89. The van der Waals surface area contributed by atoms with E-state index in [9.17, 15) is 14.9 Å². The Morgan fingerprint density at radius 1 is 1.22 bits per heavy atom. The van der Waals surface area contributed by atoms with Gasteiger partial charge in [-0.2, -0.15) is 5.26 Å². The Bertz CT molecular complexity index is 673. The zero-order valence-corrected chi connectivity index (χ0v) is 16.1. The molecule has 27 heavy (non-hydrogen) atoms. The fraction of sp³-hybridized carbons (Fsp3) is 0.550. The van der Waals surface area contributed by atoms with Gasteiger partial charge in [0, 0.05) is 26.2 Å². The van der Waals surface area contributed by atoms with Gasteiger partial charge in [-0.1, -0.05) is 12.1 Å². The van der Waals surface area contributed by atoms with Crippen molar-refractivity contribution in [3.05, 3.63) is 35.4 Å². The largest absolute Gasteiger partial charge is 0.465 e. The molecular weight excluding hydrogens is 344 g/mol. The number of urea groups is 1. The van der Waals surface area contributed by atoms with Crippen LogP contribution in [0.1, 0.15) is 35.2 Å². The van der Waals surface area contributed by atoms with Crippen molar-refractivity contribution in [3.63, 3.8) is 0 Å². The van der Waals surface area contributed by atoms with E-state index in [4.69, 9.17) is 4.74 Å². The molecule has 1 saturated heterocycles. The zero-order chi connectivity index (χ0) is 19.7. The Kier molecular flexibility index (Phi) is 7.62. The van der Waals surface area contributed by atoms with E-state index in [0.717, 1.165) is 24.9 Å². The summed E-state index contributed by atoms with van der Waals surface area (Å²) in [6, 6.07) is 9.74. The molecule has 0 spiro atoms. The van der Waals surface area contributed by atoms with Gasteiger partial charge in [-0.25, -0.2) is 9.59 Å². The van der Waals surface area contributed by atoms with Crippen molar-refractivity contribution in [1.82, 2.24) is 15.5 Å². The quantitative estimate of drug-likeness (QED) is 0.563. The SMILES string of the molecule is CNCCNC(=O)N1CCC(C#N)(CCc2ccc(C(=O)OC)cc2)CC1. The van der Waals surface area contributed by atoms with E-state index in [1.54, 1.807) is 17.0 Å². The molecule has 1 aliphatic heterocycles. The number of amides is 2. The van der Waals surface area contributed by atoms with E-state index < -0.39 is 5.41 Å². The number of nitriles is 1. The lowest BCUT2D eigenvalue weighted by Crippen LogP contribution is -2.48. The first kappa shape index (κ1) is 20.7. The van der Waals surface area contributed by atoms with E-state index in [0.29, 0.717) is 38.0 Å². The van der Waals surface area contributed by atoms with Crippen LogP contribution in [-0.2, 0) is 11.2 Å². The van der Waals surface area contributed by atoms with Gasteiger partial charge in [-0.3, -0.25) is 0 Å². The number of hydrogen-bond acceptors (Lipinski definition) is 5. The summed E-state index contributed by atoms with van der Waals surface area (Å²) in [6.07, 6.45) is 2.88. The molecule has 0 saturated carbocycles. The van der Waals surface area contributed by atoms with Crippen molar-refractivity contribution in [2.24, 2.45) is 5.41 Å². The number of carbonyl (C=O) groups is 2. The number of carbonyl (C=O) groups excluding carboxylic acids is 2. The number of esters is 1. The summed E-state index contributed by atoms with van der Waals surface area (Å²) in [7, 11) is 3.21. The van der Waals surface area contributed by atoms with Gasteiger partial charge in [0.15, 0.2) is 0 Å². The van der Waals surface area contributed by atoms with Crippen molar-refractivity contribution in [1.29, 1.82) is 5.26 Å². The van der Waals surface area contributed by atoms with Gasteiger partial charge in [0.2, 0.25) is 0 Å². The number of nitrogens with zero attached hydrogens (tertiary/aromatic N) is 2. The third kappa shape index (κ3) is 5.69. The van der Waals surface area contributed by atoms with Gasteiger partial charge in [0.05, 0.1) is 24.2 Å². The van der Waals surface area contributed by atoms with E-state index >= 15 is 0 Å². The number of nitrogens with one attached hydrogen (secondary N) is 2. The van der Waals surface area contributed by atoms with Gasteiger partial charge < -0.3 is 20.3 Å². The molecular formula is C20H28N4O3. The Morgan fingerprint density at radius 2 is 1.89 bits per heavy atom. The molecule has 0 unspecified atom stereocenters. The van der Waals surface area contributed by atoms with Crippen LogP contribution in [0.25, 0.3) is 0 Å². The van der Waals surface area contributed by atoms with Crippen molar-refractivity contribution >= 4 is 12.0 Å². The fourth-order valence-electron chi connectivity index (χ4n) is 3.27. The molecule has 146 valence electrons. The van der Waals surface area contributed by atoms with Crippen molar-refractivity contribution in [2.45, 2.75) is 25.7 Å². The lowest BCUT2D eigenvalue weighted by molar-refractivity contribution is 0.0600. The molecule has 1 heterocycles. The first-order valence-corrected chi connectivity index (χ1v) is 9.29. The van der Waals surface area contributed by atoms with Gasteiger partial charge in [-0.15, -0.1) is 0 Å². The molecule has 1 aromatic carbocycles. The van der Waals surface area contributed by atoms with Crippen LogP contribution in [0.2, 0.25) is 0 Å². The van der Waals surface area contributed by atoms with Crippen LogP contribution in [0.15, 0.2) is 24.3 Å². The number of rotatable bonds is 7. The number of likely N-dealkylation sites (N-methyl/N-ethyl adjacent to an activating group) is 1. The monoisotopic (exact) mass is 372 g/mol. The van der Waals surface area contributed by atoms with Crippen molar-refractivity contribution in [3.8, 4) is 6.07 Å². The highest BCUT2D eigenvalue weighted by atomic mass is 16.5. The lowest BCUT2D eigenvalue weighted by atomic mass is 9.75. The van der Waals surface area contributed by atoms with Crippen LogP contribution in [0.5, 0.6) is 0 Å². The number of hydrogen-bond donors (Lipinski definition) is 2. The fourth-order valence-corrected chi connectivity index (χ4v) is 3.27. The topological polar surface area (TPSA) is 94.5 Å². The Balaban J connectivity index is 1.86. The highest BCUT2D eigenvalue weighted by Gasteiger charge is 2.35. The van der Waals surface area contributed by atoms with Gasteiger partial charge >= 0.3 is 12.0 Å². The van der Waals surface area contributed by atoms with Crippen molar-refractivity contribution < 1.29 is 14.3 Å². The Morgan fingerprint density at radius 3 is 2.44 bits per heavy atom. The zero-order valence-electron chi connectivity index (χ0n) is 16.1. The molecule has 2 N–H and O–H groups in total. The van der Waals surface area contributed by atoms with Crippen LogP contribution in [0, 0.1) is 16.7 Å². The highest BCUT2D eigenvalue weighted by Crippen LogP contribution is 2.35. The van der Waals surface area contributed by atoms with Gasteiger partial charge in [0.25, 0.3) is 0 Å². The summed E-state index contributed by atoms with van der Waals surface area (Å²) in [5.74, 6) is -0.351. The summed E-state index contributed by atoms with van der Waals surface area (Å²) in [6.45, 7) is 2.52. The van der Waals surface area contributed by atoms with Crippen LogP contribution >= 0.6 is 0 Å². The molecule has 1 fully saturated rings. The van der Waals surface area contributed by atoms with Crippen LogP contribution in [0.3, 0.4) is 0 Å². The standard InChI is InChI=1S/C20H28N4O3/c1-22-11-12-23-19(26)24-13-9-20(15-21,10-14-24)8-7-16-3-5-17(6-4-16)18(25)27-2/h3-6,22H,7-14H2,1-2H3,(H,23,26). The summed E-state index contributed by atoms with van der Waals surface area (Å²) in [4.78, 5) is 25.4. The number of aryl methyl sites for hydroxylation is 1. The van der Waals surface area contributed by atoms with E-state index in [2.05, 4.69) is 16.7 Å². The maximum Gasteiger partial charge on any atom is 0.337 e. The van der Waals surface area contributed by atoms with Crippen LogP contribution in [0.4, 0.5) is 4.79 Å². The van der Waals surface area contributed by atoms with E-state index in [1.807, 2.05) is 19.2 Å². The summed E-state index contributed by atoms with van der Waals surface area (Å²) >= 11 is 0.